The molecule has 1 saturated heterocycles. The second kappa shape index (κ2) is 4.15. The maximum absolute atomic E-state index is 11.8. The first kappa shape index (κ1) is 9.88. The van der Waals surface area contributed by atoms with Gasteiger partial charge in [0.05, 0.1) is 0 Å². The van der Waals surface area contributed by atoms with E-state index >= 15 is 0 Å². The summed E-state index contributed by atoms with van der Waals surface area (Å²) in [5.41, 5.74) is 0. The number of carbonyl (C=O) groups is 2. The highest BCUT2D eigenvalue weighted by molar-refractivity contribution is 5.80. The lowest BCUT2D eigenvalue weighted by atomic mass is 10.1. The molecule has 0 spiro atoms. The van der Waals surface area contributed by atoms with Crippen molar-refractivity contribution in [3.8, 4) is 0 Å². The van der Waals surface area contributed by atoms with Crippen LogP contribution in [0.2, 0.25) is 0 Å². The molecule has 0 radical (unpaired) electrons. The van der Waals surface area contributed by atoms with Gasteiger partial charge >= 0.3 is 6.43 Å². The number of rotatable bonds is 2. The Hall–Kier alpha value is -1.20. The van der Waals surface area contributed by atoms with Crippen LogP contribution >= 0.6 is 0 Å². The van der Waals surface area contributed by atoms with Crippen LogP contribution in [0.1, 0.15) is 12.8 Å². The number of alkyl halides is 2. The summed E-state index contributed by atoms with van der Waals surface area (Å²) in [6, 6.07) is -0.362. The van der Waals surface area contributed by atoms with Crippen molar-refractivity contribution in [3.05, 3.63) is 0 Å². The first-order chi connectivity index (χ1) is 6.09. The van der Waals surface area contributed by atoms with Gasteiger partial charge in [-0.15, -0.1) is 0 Å². The van der Waals surface area contributed by atoms with Crippen molar-refractivity contribution in [1.82, 2.24) is 10.6 Å². The monoisotopic (exact) mass is 192 g/mol. The minimum absolute atomic E-state index is 0.109. The van der Waals surface area contributed by atoms with E-state index in [1.807, 2.05) is 0 Å². The van der Waals surface area contributed by atoms with Crippen molar-refractivity contribution in [2.24, 2.45) is 0 Å². The first-order valence-electron chi connectivity index (χ1n) is 3.95. The van der Waals surface area contributed by atoms with E-state index in [1.165, 1.54) is 0 Å². The average molecular weight is 192 g/mol. The molecule has 1 aliphatic heterocycles. The minimum Gasteiger partial charge on any atom is -0.354 e. The first-order valence-corrected chi connectivity index (χ1v) is 3.95. The highest BCUT2D eigenvalue weighted by Crippen LogP contribution is 2.03. The van der Waals surface area contributed by atoms with Crippen LogP contribution in [0.5, 0.6) is 0 Å². The maximum atomic E-state index is 11.8. The molecule has 13 heavy (non-hydrogen) atoms. The Kier molecular flexibility index (Phi) is 3.16. The number of nitrogens with one attached hydrogen (secondary N) is 2. The number of piperidine rings is 1. The zero-order valence-corrected chi connectivity index (χ0v) is 6.85. The molecule has 2 amide bonds. The molecule has 0 bridgehead atoms. The van der Waals surface area contributed by atoms with Crippen LogP contribution < -0.4 is 10.6 Å². The van der Waals surface area contributed by atoms with Gasteiger partial charge in [0.1, 0.15) is 0 Å². The normalized spacial score (nSPS) is 22.7. The second-order valence-electron chi connectivity index (χ2n) is 2.85. The number of carbonyl (C=O) groups excluding carboxylic acids is 2. The van der Waals surface area contributed by atoms with Crippen LogP contribution in [0.15, 0.2) is 0 Å². The van der Waals surface area contributed by atoms with Gasteiger partial charge in [0.25, 0.3) is 5.91 Å². The Morgan fingerprint density at radius 3 is 2.77 bits per heavy atom. The molecule has 1 rings (SSSR count). The van der Waals surface area contributed by atoms with Crippen LogP contribution in [-0.2, 0) is 9.59 Å². The molecular formula is C7H10F2N2O2. The van der Waals surface area contributed by atoms with Crippen molar-refractivity contribution in [2.45, 2.75) is 25.3 Å². The minimum atomic E-state index is -2.99. The molecule has 0 saturated carbocycles. The lowest BCUT2D eigenvalue weighted by Crippen LogP contribution is -2.49. The molecule has 1 aliphatic rings. The van der Waals surface area contributed by atoms with E-state index in [1.54, 1.807) is 0 Å². The molecular weight excluding hydrogens is 182 g/mol. The van der Waals surface area contributed by atoms with Gasteiger partial charge in [0.2, 0.25) is 5.91 Å². The molecule has 4 nitrogen and oxygen atoms in total. The largest absolute Gasteiger partial charge is 0.354 e. The molecule has 0 aromatic rings. The fraction of sp³-hybridized carbons (Fsp3) is 0.714. The van der Waals surface area contributed by atoms with E-state index in [4.69, 9.17) is 0 Å². The van der Waals surface area contributed by atoms with E-state index < -0.39 is 12.3 Å². The van der Waals surface area contributed by atoms with Crippen LogP contribution in [0.3, 0.4) is 0 Å². The highest BCUT2D eigenvalue weighted by atomic mass is 19.3. The molecule has 1 unspecified atom stereocenters. The fourth-order valence-corrected chi connectivity index (χ4v) is 1.12. The van der Waals surface area contributed by atoms with Crippen molar-refractivity contribution < 1.29 is 18.4 Å². The van der Waals surface area contributed by atoms with E-state index in [9.17, 15) is 18.4 Å². The summed E-state index contributed by atoms with van der Waals surface area (Å²) in [5.74, 6) is -1.39. The molecule has 2 N–H and O–H groups in total. The van der Waals surface area contributed by atoms with Crippen molar-refractivity contribution >= 4 is 11.8 Å². The Morgan fingerprint density at radius 1 is 1.62 bits per heavy atom. The van der Waals surface area contributed by atoms with E-state index in [0.717, 1.165) is 0 Å². The van der Waals surface area contributed by atoms with Gasteiger partial charge in [-0.25, -0.2) is 0 Å². The summed E-state index contributed by atoms with van der Waals surface area (Å²) in [4.78, 5) is 21.2. The summed E-state index contributed by atoms with van der Waals surface area (Å²) >= 11 is 0. The predicted octanol–water partition coefficient (Wildman–Crippen LogP) is -0.354. The van der Waals surface area contributed by atoms with E-state index in [-0.39, 0.29) is 24.9 Å². The zero-order chi connectivity index (χ0) is 9.84. The Labute approximate surface area is 73.7 Å². The van der Waals surface area contributed by atoms with E-state index in [2.05, 4.69) is 10.6 Å². The zero-order valence-electron chi connectivity index (χ0n) is 6.85. The summed E-state index contributed by atoms with van der Waals surface area (Å²) in [5, 5.41) is 4.61. The van der Waals surface area contributed by atoms with Gasteiger partial charge in [0.15, 0.2) is 0 Å². The van der Waals surface area contributed by atoms with Crippen LogP contribution in [0.25, 0.3) is 0 Å². The Morgan fingerprint density at radius 2 is 2.31 bits per heavy atom. The number of hydrogen-bond donors (Lipinski definition) is 2. The molecule has 1 heterocycles. The van der Waals surface area contributed by atoms with Gasteiger partial charge in [-0.3, -0.25) is 9.59 Å². The molecule has 0 aliphatic carbocycles. The summed E-state index contributed by atoms with van der Waals surface area (Å²) in [6.07, 6.45) is -2.30. The van der Waals surface area contributed by atoms with Crippen LogP contribution in [0.4, 0.5) is 8.78 Å². The fourth-order valence-electron chi connectivity index (χ4n) is 1.12. The number of halogens is 2. The SMILES string of the molecule is O=C1CCC(NC(=O)C(F)F)CN1. The third-order valence-electron chi connectivity index (χ3n) is 1.81. The van der Waals surface area contributed by atoms with Crippen LogP contribution in [-0.4, -0.2) is 30.8 Å². The smallest absolute Gasteiger partial charge is 0.315 e. The lowest BCUT2D eigenvalue weighted by Gasteiger charge is -2.23. The highest BCUT2D eigenvalue weighted by Gasteiger charge is 2.23. The molecule has 74 valence electrons. The summed E-state index contributed by atoms with van der Waals surface area (Å²) < 4.78 is 23.5. The van der Waals surface area contributed by atoms with Gasteiger partial charge < -0.3 is 10.6 Å². The predicted molar refractivity (Wildman–Crippen MR) is 40.2 cm³/mol. The van der Waals surface area contributed by atoms with Crippen molar-refractivity contribution in [3.63, 3.8) is 0 Å². The topological polar surface area (TPSA) is 58.2 Å². The molecule has 1 fully saturated rings. The quantitative estimate of drug-likeness (QED) is 0.628. The van der Waals surface area contributed by atoms with Crippen molar-refractivity contribution in [1.29, 1.82) is 0 Å². The number of amides is 2. The van der Waals surface area contributed by atoms with Gasteiger partial charge in [-0.05, 0) is 6.42 Å². The molecule has 6 heteroatoms. The Bertz CT molecular complexity index is 211. The number of hydrogen-bond acceptors (Lipinski definition) is 2. The van der Waals surface area contributed by atoms with Crippen LogP contribution in [0, 0.1) is 0 Å². The van der Waals surface area contributed by atoms with Gasteiger partial charge in [-0.1, -0.05) is 0 Å². The van der Waals surface area contributed by atoms with Gasteiger partial charge in [-0.2, -0.15) is 8.78 Å². The lowest BCUT2D eigenvalue weighted by molar-refractivity contribution is -0.133. The standard InChI is InChI=1S/C7H10F2N2O2/c8-6(9)7(13)11-4-1-2-5(12)10-3-4/h4,6H,1-3H2,(H,10,12)(H,11,13). The van der Waals surface area contributed by atoms with Crippen molar-refractivity contribution in [2.75, 3.05) is 6.54 Å². The second-order valence-corrected chi connectivity index (χ2v) is 2.85. The summed E-state index contributed by atoms with van der Waals surface area (Å²) in [6.45, 7) is 0.233. The van der Waals surface area contributed by atoms with E-state index in [0.29, 0.717) is 6.42 Å². The average Bonchev–Trinajstić information content (AvgIpc) is 2.08. The molecule has 1 atom stereocenters. The third-order valence-corrected chi connectivity index (χ3v) is 1.81. The molecule has 0 aromatic heterocycles. The Balaban J connectivity index is 2.30. The third kappa shape index (κ3) is 2.96. The molecule has 0 aromatic carbocycles. The summed E-state index contributed by atoms with van der Waals surface area (Å²) in [7, 11) is 0. The maximum Gasteiger partial charge on any atom is 0.315 e. The van der Waals surface area contributed by atoms with Gasteiger partial charge in [0, 0.05) is 19.0 Å².